The topological polar surface area (TPSA) is 97.4 Å². The molecule has 0 fully saturated rings. The molecule has 0 saturated carbocycles. The Hall–Kier alpha value is -3.74. The first kappa shape index (κ1) is 19.0. The third-order valence-corrected chi connectivity index (χ3v) is 3.98. The number of imide groups is 1. The number of nitrogens with one attached hydrogen (secondary N) is 2. The van der Waals surface area contributed by atoms with Crippen LogP contribution in [0.2, 0.25) is 0 Å². The fourth-order valence-electron chi connectivity index (χ4n) is 2.61. The van der Waals surface area contributed by atoms with Crippen LogP contribution in [0.25, 0.3) is 10.9 Å². The van der Waals surface area contributed by atoms with Crippen molar-refractivity contribution in [3.63, 3.8) is 0 Å². The van der Waals surface area contributed by atoms with Gasteiger partial charge in [0.15, 0.2) is 0 Å². The van der Waals surface area contributed by atoms with Crippen molar-refractivity contribution >= 4 is 28.8 Å². The zero-order valence-electron chi connectivity index (χ0n) is 15.1. The number of ether oxygens (including phenoxy) is 1. The minimum atomic E-state index is -0.597. The van der Waals surface area contributed by atoms with Gasteiger partial charge in [-0.2, -0.15) is 0 Å². The summed E-state index contributed by atoms with van der Waals surface area (Å²) < 4.78 is 5.16. The van der Waals surface area contributed by atoms with Gasteiger partial charge in [0, 0.05) is 18.1 Å². The zero-order valence-corrected chi connectivity index (χ0v) is 15.1. The predicted octanol–water partition coefficient (Wildman–Crippen LogP) is 2.81. The number of rotatable bonds is 6. The lowest BCUT2D eigenvalue weighted by atomic mass is 10.1. The monoisotopic (exact) mass is 377 g/mol. The summed E-state index contributed by atoms with van der Waals surface area (Å²) in [5.41, 5.74) is 1.99. The number of nitrogens with zero attached hydrogens (tertiary/aromatic N) is 1. The molecule has 0 aliphatic heterocycles. The lowest BCUT2D eigenvalue weighted by Crippen LogP contribution is -2.39. The number of pyridine rings is 1. The number of urea groups is 1. The van der Waals surface area contributed by atoms with Gasteiger partial charge in [0.25, 0.3) is 0 Å². The molecule has 7 heteroatoms. The molecule has 28 heavy (non-hydrogen) atoms. The number of carbonyl (C=O) groups is 3. The van der Waals surface area contributed by atoms with E-state index in [-0.39, 0.29) is 13.0 Å². The molecule has 0 spiro atoms. The average Bonchev–Trinajstić information content (AvgIpc) is 2.72. The highest BCUT2D eigenvalue weighted by molar-refractivity contribution is 6.03. The lowest BCUT2D eigenvalue weighted by molar-refractivity contribution is -0.120. The minimum Gasteiger partial charge on any atom is -0.462 e. The van der Waals surface area contributed by atoms with E-state index in [1.807, 2.05) is 30.3 Å². The Labute approximate surface area is 161 Å². The highest BCUT2D eigenvalue weighted by atomic mass is 16.5. The highest BCUT2D eigenvalue weighted by Gasteiger charge is 2.13. The van der Waals surface area contributed by atoms with E-state index in [1.165, 1.54) is 0 Å². The molecule has 1 heterocycles. The van der Waals surface area contributed by atoms with Crippen LogP contribution in [0.5, 0.6) is 0 Å². The molecule has 7 nitrogen and oxygen atoms in total. The Bertz CT molecular complexity index is 984. The maximum absolute atomic E-state index is 12.3. The van der Waals surface area contributed by atoms with Gasteiger partial charge in [0.1, 0.15) is 6.61 Å². The maximum Gasteiger partial charge on any atom is 0.338 e. The number of hydrogen-bond acceptors (Lipinski definition) is 5. The largest absolute Gasteiger partial charge is 0.462 e. The Kier molecular flexibility index (Phi) is 6.30. The van der Waals surface area contributed by atoms with Crippen molar-refractivity contribution in [2.24, 2.45) is 0 Å². The van der Waals surface area contributed by atoms with Gasteiger partial charge in [-0.15, -0.1) is 0 Å². The summed E-state index contributed by atoms with van der Waals surface area (Å²) in [7, 11) is 0. The van der Waals surface area contributed by atoms with Gasteiger partial charge in [0.05, 0.1) is 17.5 Å². The molecule has 142 valence electrons. The van der Waals surface area contributed by atoms with Crippen LogP contribution in [0.15, 0.2) is 66.9 Å². The number of fused-ring (bicyclic) bond motifs is 1. The van der Waals surface area contributed by atoms with Crippen molar-refractivity contribution in [2.75, 3.05) is 6.61 Å². The molecule has 0 aliphatic rings. The third-order valence-electron chi connectivity index (χ3n) is 3.98. The standard InChI is InChI=1S/C21H19N3O4/c25-19(24-21(27)23-14-15-6-2-1-3-7-15)11-13-28-20(26)17-8-4-10-18-16(17)9-5-12-22-18/h1-10,12H,11,13-14H2,(H2,23,24,25,27). The van der Waals surface area contributed by atoms with E-state index in [4.69, 9.17) is 4.74 Å². The van der Waals surface area contributed by atoms with Gasteiger partial charge in [-0.25, -0.2) is 9.59 Å². The summed E-state index contributed by atoms with van der Waals surface area (Å²) in [4.78, 5) is 40.0. The van der Waals surface area contributed by atoms with E-state index < -0.39 is 17.9 Å². The molecule has 0 aliphatic carbocycles. The molecule has 0 unspecified atom stereocenters. The van der Waals surface area contributed by atoms with Crippen LogP contribution >= 0.6 is 0 Å². The van der Waals surface area contributed by atoms with Crippen molar-refractivity contribution in [1.82, 2.24) is 15.6 Å². The Morgan fingerprint density at radius 2 is 1.75 bits per heavy atom. The van der Waals surface area contributed by atoms with Gasteiger partial charge in [-0.3, -0.25) is 15.1 Å². The second-order valence-electron chi connectivity index (χ2n) is 5.98. The first-order valence-corrected chi connectivity index (χ1v) is 8.76. The van der Waals surface area contributed by atoms with Gasteiger partial charge < -0.3 is 10.1 Å². The van der Waals surface area contributed by atoms with Crippen LogP contribution in [-0.2, 0) is 16.1 Å². The van der Waals surface area contributed by atoms with E-state index in [9.17, 15) is 14.4 Å². The molecule has 0 saturated heterocycles. The van der Waals surface area contributed by atoms with E-state index in [0.717, 1.165) is 5.56 Å². The number of amides is 3. The van der Waals surface area contributed by atoms with Gasteiger partial charge >= 0.3 is 12.0 Å². The Balaban J connectivity index is 1.43. The molecule has 2 aromatic carbocycles. The molecular weight excluding hydrogens is 358 g/mol. The number of hydrogen-bond donors (Lipinski definition) is 2. The maximum atomic E-state index is 12.3. The molecule has 2 N–H and O–H groups in total. The number of benzene rings is 2. The number of aromatic nitrogens is 1. The van der Waals surface area contributed by atoms with E-state index in [2.05, 4.69) is 15.6 Å². The number of esters is 1. The van der Waals surface area contributed by atoms with Crippen LogP contribution in [0.4, 0.5) is 4.79 Å². The summed E-state index contributed by atoms with van der Waals surface area (Å²) in [6.07, 6.45) is 1.53. The van der Waals surface area contributed by atoms with E-state index in [0.29, 0.717) is 23.0 Å². The quantitative estimate of drug-likeness (QED) is 0.644. The van der Waals surface area contributed by atoms with Gasteiger partial charge in [-0.1, -0.05) is 42.5 Å². The second kappa shape index (κ2) is 9.27. The summed E-state index contributed by atoms with van der Waals surface area (Å²) in [5.74, 6) is -1.07. The zero-order chi connectivity index (χ0) is 19.8. The summed E-state index contributed by atoms with van der Waals surface area (Å²) in [6, 6.07) is 17.4. The normalized spacial score (nSPS) is 10.3. The molecule has 3 aromatic rings. The van der Waals surface area contributed by atoms with E-state index >= 15 is 0 Å². The summed E-state index contributed by atoms with van der Waals surface area (Å²) >= 11 is 0. The van der Waals surface area contributed by atoms with Crippen molar-refractivity contribution in [1.29, 1.82) is 0 Å². The van der Waals surface area contributed by atoms with Gasteiger partial charge in [0.2, 0.25) is 5.91 Å². The Morgan fingerprint density at radius 3 is 2.57 bits per heavy atom. The predicted molar refractivity (Wildman–Crippen MR) is 103 cm³/mol. The third kappa shape index (κ3) is 5.14. The van der Waals surface area contributed by atoms with Crippen LogP contribution < -0.4 is 10.6 Å². The molecule has 3 amide bonds. The Morgan fingerprint density at radius 1 is 0.929 bits per heavy atom. The van der Waals surface area contributed by atoms with Crippen LogP contribution in [0, 0.1) is 0 Å². The number of carbonyl (C=O) groups excluding carboxylic acids is 3. The molecule has 1 aromatic heterocycles. The average molecular weight is 377 g/mol. The first-order valence-electron chi connectivity index (χ1n) is 8.76. The molecular formula is C21H19N3O4. The van der Waals surface area contributed by atoms with Crippen LogP contribution in [-0.4, -0.2) is 29.5 Å². The lowest BCUT2D eigenvalue weighted by Gasteiger charge is -2.08. The first-order chi connectivity index (χ1) is 13.6. The fourth-order valence-corrected chi connectivity index (χ4v) is 2.61. The van der Waals surface area contributed by atoms with Crippen molar-refractivity contribution in [3.05, 3.63) is 78.0 Å². The smallest absolute Gasteiger partial charge is 0.338 e. The van der Waals surface area contributed by atoms with Crippen molar-refractivity contribution in [3.8, 4) is 0 Å². The summed E-state index contributed by atoms with van der Waals surface area (Å²) in [6.45, 7) is 0.178. The van der Waals surface area contributed by atoms with Crippen molar-refractivity contribution < 1.29 is 19.1 Å². The molecule has 0 bridgehead atoms. The SMILES string of the molecule is O=C(CCOC(=O)c1cccc2ncccc12)NC(=O)NCc1ccccc1. The molecule has 0 radical (unpaired) electrons. The van der Waals surface area contributed by atoms with Gasteiger partial charge in [-0.05, 0) is 23.8 Å². The second-order valence-corrected chi connectivity index (χ2v) is 5.98. The minimum absolute atomic E-state index is 0.118. The highest BCUT2D eigenvalue weighted by Crippen LogP contribution is 2.17. The van der Waals surface area contributed by atoms with Crippen LogP contribution in [0.3, 0.4) is 0 Å². The van der Waals surface area contributed by atoms with E-state index in [1.54, 1.807) is 36.5 Å². The fraction of sp³-hybridized carbons (Fsp3) is 0.143. The molecule has 0 atom stereocenters. The van der Waals surface area contributed by atoms with Crippen molar-refractivity contribution in [2.45, 2.75) is 13.0 Å². The molecule has 3 rings (SSSR count). The van der Waals surface area contributed by atoms with Crippen LogP contribution in [0.1, 0.15) is 22.3 Å². The summed E-state index contributed by atoms with van der Waals surface area (Å²) in [5, 5.41) is 5.47.